The molecule has 5 heteroatoms. The Morgan fingerprint density at radius 1 is 1.14 bits per heavy atom. The number of benzene rings is 1. The topological polar surface area (TPSA) is 40.2 Å². The van der Waals surface area contributed by atoms with Gasteiger partial charge in [-0.25, -0.2) is 0 Å². The lowest BCUT2D eigenvalue weighted by Crippen LogP contribution is -2.21. The first-order valence-electron chi connectivity index (χ1n) is 7.27. The van der Waals surface area contributed by atoms with Gasteiger partial charge in [-0.15, -0.1) is 0 Å². The van der Waals surface area contributed by atoms with Crippen LogP contribution in [-0.2, 0) is 11.2 Å². The molecule has 0 bridgehead atoms. The summed E-state index contributed by atoms with van der Waals surface area (Å²) in [7, 11) is 7.09. The van der Waals surface area contributed by atoms with Crippen molar-refractivity contribution in [2.24, 2.45) is 0 Å². The second kappa shape index (κ2) is 7.52. The number of methoxy groups -OCH3 is 3. The molecule has 21 heavy (non-hydrogen) atoms. The molecule has 0 aromatic heterocycles. The molecule has 0 N–H and O–H groups in total. The summed E-state index contributed by atoms with van der Waals surface area (Å²) < 4.78 is 22.2. The van der Waals surface area contributed by atoms with Crippen LogP contribution < -0.4 is 14.2 Å². The van der Waals surface area contributed by atoms with Crippen LogP contribution in [0.25, 0.3) is 0 Å². The number of likely N-dealkylation sites (N-methyl/N-ethyl adjacent to an activating group) is 1. The number of rotatable bonds is 7. The van der Waals surface area contributed by atoms with Crippen molar-refractivity contribution in [2.45, 2.75) is 18.9 Å². The molecule has 0 unspecified atom stereocenters. The van der Waals surface area contributed by atoms with E-state index in [0.29, 0.717) is 18.1 Å². The first-order valence-corrected chi connectivity index (χ1v) is 7.27. The summed E-state index contributed by atoms with van der Waals surface area (Å²) in [6, 6.07) is 4.00. The lowest BCUT2D eigenvalue weighted by Gasteiger charge is -2.19. The lowest BCUT2D eigenvalue weighted by atomic mass is 10.1. The number of hydrogen-bond acceptors (Lipinski definition) is 5. The van der Waals surface area contributed by atoms with Crippen LogP contribution in [0.4, 0.5) is 0 Å². The average molecular weight is 295 g/mol. The molecule has 5 nitrogen and oxygen atoms in total. The fourth-order valence-corrected chi connectivity index (χ4v) is 2.61. The predicted octanol–water partition coefficient (Wildman–Crippen LogP) is 1.98. The van der Waals surface area contributed by atoms with E-state index >= 15 is 0 Å². The molecule has 2 rings (SSSR count). The van der Waals surface area contributed by atoms with Gasteiger partial charge >= 0.3 is 0 Å². The minimum Gasteiger partial charge on any atom is -0.493 e. The summed E-state index contributed by atoms with van der Waals surface area (Å²) in [5.74, 6) is 2.11. The lowest BCUT2D eigenvalue weighted by molar-refractivity contribution is 0.194. The van der Waals surface area contributed by atoms with Gasteiger partial charge in [0.2, 0.25) is 5.75 Å². The van der Waals surface area contributed by atoms with E-state index < -0.39 is 0 Å². The molecular formula is C16H25NO4. The Balaban J connectivity index is 2.22. The van der Waals surface area contributed by atoms with Crippen molar-refractivity contribution in [1.29, 1.82) is 0 Å². The van der Waals surface area contributed by atoms with Crippen LogP contribution in [0.1, 0.15) is 12.0 Å². The van der Waals surface area contributed by atoms with Crippen LogP contribution in [0.15, 0.2) is 12.1 Å². The predicted molar refractivity (Wildman–Crippen MR) is 81.7 cm³/mol. The SMILES string of the molecule is COCCc1cc(OC)c(OC)c(O[C@H]2CCN(C)C2)c1. The third-order valence-electron chi connectivity index (χ3n) is 3.74. The summed E-state index contributed by atoms with van der Waals surface area (Å²) in [4.78, 5) is 2.27. The quantitative estimate of drug-likeness (QED) is 0.769. The van der Waals surface area contributed by atoms with Gasteiger partial charge in [0, 0.05) is 20.2 Å². The summed E-state index contributed by atoms with van der Waals surface area (Å²) >= 11 is 0. The van der Waals surface area contributed by atoms with Gasteiger partial charge in [-0.1, -0.05) is 0 Å². The maximum absolute atomic E-state index is 6.14. The van der Waals surface area contributed by atoms with Gasteiger partial charge in [-0.05, 0) is 37.6 Å². The van der Waals surface area contributed by atoms with E-state index in [0.717, 1.165) is 37.2 Å². The fraction of sp³-hybridized carbons (Fsp3) is 0.625. The summed E-state index contributed by atoms with van der Waals surface area (Å²) in [6.07, 6.45) is 2.05. The highest BCUT2D eigenvalue weighted by molar-refractivity contribution is 5.54. The standard InChI is InChI=1S/C16H25NO4/c1-17-7-5-13(11-17)21-15-10-12(6-8-18-2)9-14(19-3)16(15)20-4/h9-10,13H,5-8,11H2,1-4H3/t13-/m0/s1. The minimum absolute atomic E-state index is 0.200. The van der Waals surface area contributed by atoms with Crippen LogP contribution in [0.2, 0.25) is 0 Å². The summed E-state index contributed by atoms with van der Waals surface area (Å²) in [5, 5.41) is 0. The molecule has 0 aliphatic carbocycles. The van der Waals surface area contributed by atoms with Gasteiger partial charge in [0.1, 0.15) is 6.10 Å². The van der Waals surface area contributed by atoms with Crippen LogP contribution in [-0.4, -0.2) is 59.1 Å². The van der Waals surface area contributed by atoms with E-state index in [2.05, 4.69) is 11.9 Å². The third kappa shape index (κ3) is 4.02. The van der Waals surface area contributed by atoms with Crippen molar-refractivity contribution in [1.82, 2.24) is 4.90 Å². The molecule has 1 aliphatic heterocycles. The monoisotopic (exact) mass is 295 g/mol. The van der Waals surface area contributed by atoms with Crippen LogP contribution in [0, 0.1) is 0 Å². The Morgan fingerprint density at radius 2 is 1.90 bits per heavy atom. The highest BCUT2D eigenvalue weighted by Crippen LogP contribution is 2.39. The van der Waals surface area contributed by atoms with E-state index in [1.165, 1.54) is 0 Å². The number of nitrogens with zero attached hydrogens (tertiary/aromatic N) is 1. The van der Waals surface area contributed by atoms with Gasteiger partial charge in [0.15, 0.2) is 11.5 Å². The van der Waals surface area contributed by atoms with E-state index in [-0.39, 0.29) is 6.10 Å². The molecule has 118 valence electrons. The van der Waals surface area contributed by atoms with Gasteiger partial charge in [-0.3, -0.25) is 0 Å². The summed E-state index contributed by atoms with van der Waals surface area (Å²) in [6.45, 7) is 2.67. The Labute approximate surface area is 126 Å². The molecular weight excluding hydrogens is 270 g/mol. The zero-order valence-corrected chi connectivity index (χ0v) is 13.3. The molecule has 1 fully saturated rings. The maximum atomic E-state index is 6.14. The normalized spacial score (nSPS) is 18.8. The smallest absolute Gasteiger partial charge is 0.203 e. The van der Waals surface area contributed by atoms with Crippen molar-refractivity contribution in [3.8, 4) is 17.2 Å². The van der Waals surface area contributed by atoms with Crippen molar-refractivity contribution in [2.75, 3.05) is 48.1 Å². The molecule has 1 aromatic rings. The number of ether oxygens (including phenoxy) is 4. The third-order valence-corrected chi connectivity index (χ3v) is 3.74. The van der Waals surface area contributed by atoms with E-state index in [9.17, 15) is 0 Å². The van der Waals surface area contributed by atoms with Gasteiger partial charge in [0.05, 0.1) is 20.8 Å². The second-order valence-corrected chi connectivity index (χ2v) is 5.36. The van der Waals surface area contributed by atoms with Gasteiger partial charge in [0.25, 0.3) is 0 Å². The van der Waals surface area contributed by atoms with Crippen molar-refractivity contribution in [3.05, 3.63) is 17.7 Å². The second-order valence-electron chi connectivity index (χ2n) is 5.36. The highest BCUT2D eigenvalue weighted by atomic mass is 16.5. The van der Waals surface area contributed by atoms with E-state index in [1.807, 2.05) is 12.1 Å². The number of likely N-dealkylation sites (tertiary alicyclic amines) is 1. The Morgan fingerprint density at radius 3 is 2.48 bits per heavy atom. The molecule has 0 spiro atoms. The first kappa shape index (κ1) is 15.9. The van der Waals surface area contributed by atoms with Crippen molar-refractivity contribution < 1.29 is 18.9 Å². The minimum atomic E-state index is 0.200. The Hall–Kier alpha value is -1.46. The molecule has 0 saturated carbocycles. The molecule has 1 saturated heterocycles. The van der Waals surface area contributed by atoms with Gasteiger partial charge in [-0.2, -0.15) is 0 Å². The maximum Gasteiger partial charge on any atom is 0.203 e. The fourth-order valence-electron chi connectivity index (χ4n) is 2.61. The van der Waals surface area contributed by atoms with Crippen LogP contribution >= 0.6 is 0 Å². The number of hydrogen-bond donors (Lipinski definition) is 0. The molecule has 1 heterocycles. The van der Waals surface area contributed by atoms with Crippen molar-refractivity contribution in [3.63, 3.8) is 0 Å². The van der Waals surface area contributed by atoms with E-state index in [1.54, 1.807) is 21.3 Å². The van der Waals surface area contributed by atoms with Crippen molar-refractivity contribution >= 4 is 0 Å². The molecule has 1 aromatic carbocycles. The Bertz CT molecular complexity index is 464. The van der Waals surface area contributed by atoms with Crippen LogP contribution in [0.5, 0.6) is 17.2 Å². The van der Waals surface area contributed by atoms with Gasteiger partial charge < -0.3 is 23.8 Å². The molecule has 0 radical (unpaired) electrons. The molecule has 0 amide bonds. The first-order chi connectivity index (χ1) is 10.2. The highest BCUT2D eigenvalue weighted by Gasteiger charge is 2.23. The van der Waals surface area contributed by atoms with E-state index in [4.69, 9.17) is 18.9 Å². The zero-order valence-electron chi connectivity index (χ0n) is 13.3. The largest absolute Gasteiger partial charge is 0.493 e. The molecule has 1 aliphatic rings. The zero-order chi connectivity index (χ0) is 15.2. The summed E-state index contributed by atoms with van der Waals surface area (Å²) in [5.41, 5.74) is 1.12. The average Bonchev–Trinajstić information content (AvgIpc) is 2.89. The molecule has 1 atom stereocenters. The Kier molecular flexibility index (Phi) is 5.70. The van der Waals surface area contributed by atoms with Crippen LogP contribution in [0.3, 0.4) is 0 Å².